The van der Waals surface area contributed by atoms with Crippen molar-refractivity contribution in [1.82, 2.24) is 0 Å². The molecule has 1 aliphatic rings. The Morgan fingerprint density at radius 2 is 2.20 bits per heavy atom. The topological polar surface area (TPSA) is 49.7 Å². The summed E-state index contributed by atoms with van der Waals surface area (Å²) >= 11 is 0. The minimum absolute atomic E-state index is 0.221. The third-order valence-corrected chi connectivity index (χ3v) is 1.39. The molecule has 1 aliphatic heterocycles. The first-order valence-electron chi connectivity index (χ1n) is 2.87. The van der Waals surface area contributed by atoms with Gasteiger partial charge in [-0.25, -0.2) is 8.78 Å². The second kappa shape index (κ2) is 2.41. The minimum Gasteiger partial charge on any atom is -0.391 e. The summed E-state index contributed by atoms with van der Waals surface area (Å²) in [7, 11) is 0. The Morgan fingerprint density at radius 3 is 2.40 bits per heavy atom. The second-order valence-corrected chi connectivity index (χ2v) is 2.31. The summed E-state index contributed by atoms with van der Waals surface area (Å²) in [5.41, 5.74) is 0. The van der Waals surface area contributed by atoms with Crippen molar-refractivity contribution in [2.75, 3.05) is 6.61 Å². The van der Waals surface area contributed by atoms with Crippen LogP contribution < -0.4 is 0 Å². The Morgan fingerprint density at radius 1 is 1.60 bits per heavy atom. The van der Waals surface area contributed by atoms with E-state index in [2.05, 4.69) is 4.74 Å². The van der Waals surface area contributed by atoms with Crippen LogP contribution in [0.25, 0.3) is 0 Å². The fourth-order valence-corrected chi connectivity index (χ4v) is 0.848. The van der Waals surface area contributed by atoms with Crippen molar-refractivity contribution >= 4 is 0 Å². The molecule has 1 rings (SSSR count). The van der Waals surface area contributed by atoms with E-state index in [1.54, 1.807) is 0 Å². The fraction of sp³-hybridized carbons (Fsp3) is 1.00. The lowest BCUT2D eigenvalue weighted by Gasteiger charge is -2.19. The van der Waals surface area contributed by atoms with Gasteiger partial charge in [0.2, 0.25) is 5.79 Å². The number of rotatable bonds is 1. The van der Waals surface area contributed by atoms with Crippen LogP contribution in [0.1, 0.15) is 6.42 Å². The van der Waals surface area contributed by atoms with Gasteiger partial charge in [0, 0.05) is 6.42 Å². The van der Waals surface area contributed by atoms with Crippen molar-refractivity contribution in [3.05, 3.63) is 0 Å². The van der Waals surface area contributed by atoms with Crippen LogP contribution in [-0.2, 0) is 4.74 Å². The number of hydrogen-bond acceptors (Lipinski definition) is 3. The van der Waals surface area contributed by atoms with Crippen molar-refractivity contribution in [3.63, 3.8) is 0 Å². The zero-order valence-electron chi connectivity index (χ0n) is 5.13. The molecule has 1 saturated heterocycles. The first-order valence-corrected chi connectivity index (χ1v) is 2.87. The lowest BCUT2D eigenvalue weighted by atomic mass is 10.2. The number of hydrogen-bond donors (Lipinski definition) is 2. The molecule has 0 aromatic rings. The quantitative estimate of drug-likeness (QED) is 0.546. The molecular weight excluding hydrogens is 146 g/mol. The van der Waals surface area contributed by atoms with E-state index in [0.717, 1.165) is 0 Å². The van der Waals surface area contributed by atoms with Gasteiger partial charge < -0.3 is 14.9 Å². The summed E-state index contributed by atoms with van der Waals surface area (Å²) in [6.45, 7) is -0.221. The molecule has 10 heavy (non-hydrogen) atoms. The van der Waals surface area contributed by atoms with Gasteiger partial charge >= 0.3 is 0 Å². The predicted octanol–water partition coefficient (Wildman–Crippen LogP) is -0.279. The smallest absolute Gasteiger partial charge is 0.291 e. The van der Waals surface area contributed by atoms with E-state index in [-0.39, 0.29) is 6.61 Å². The molecule has 0 spiro atoms. The molecule has 0 unspecified atom stereocenters. The standard InChI is InChI=1S/C5H8F2O3/c6-4(7)5(9)1-3(8)2-10-5/h3-4,8-9H,1-2H2/t3-,5+/m0/s1. The van der Waals surface area contributed by atoms with Crippen molar-refractivity contribution in [3.8, 4) is 0 Å². The Labute approximate surface area is 56.2 Å². The second-order valence-electron chi connectivity index (χ2n) is 2.31. The van der Waals surface area contributed by atoms with Crippen molar-refractivity contribution in [2.45, 2.75) is 24.7 Å². The molecule has 0 aromatic heterocycles. The van der Waals surface area contributed by atoms with Crippen LogP contribution in [-0.4, -0.2) is 35.1 Å². The molecule has 5 heteroatoms. The molecule has 0 amide bonds. The van der Waals surface area contributed by atoms with E-state index in [9.17, 15) is 8.78 Å². The van der Waals surface area contributed by atoms with Crippen LogP contribution in [0.2, 0.25) is 0 Å². The normalized spacial score (nSPS) is 41.1. The average Bonchev–Trinajstić information content (AvgIpc) is 2.13. The third kappa shape index (κ3) is 1.25. The molecule has 2 N–H and O–H groups in total. The van der Waals surface area contributed by atoms with Crippen molar-refractivity contribution < 1.29 is 23.7 Å². The van der Waals surface area contributed by atoms with E-state index in [1.807, 2.05) is 0 Å². The maximum atomic E-state index is 11.8. The van der Waals surface area contributed by atoms with Gasteiger partial charge in [-0.1, -0.05) is 0 Å². The lowest BCUT2D eigenvalue weighted by molar-refractivity contribution is -0.243. The van der Waals surface area contributed by atoms with Crippen LogP contribution in [0.4, 0.5) is 8.78 Å². The van der Waals surface area contributed by atoms with Gasteiger partial charge in [-0.05, 0) is 0 Å². The monoisotopic (exact) mass is 154 g/mol. The van der Waals surface area contributed by atoms with E-state index in [1.165, 1.54) is 0 Å². The average molecular weight is 154 g/mol. The highest BCUT2D eigenvalue weighted by Gasteiger charge is 2.45. The number of alkyl halides is 2. The summed E-state index contributed by atoms with van der Waals surface area (Å²) in [6, 6.07) is 0. The first-order chi connectivity index (χ1) is 4.54. The zero-order valence-corrected chi connectivity index (χ0v) is 5.13. The summed E-state index contributed by atoms with van der Waals surface area (Å²) in [5.74, 6) is -2.42. The van der Waals surface area contributed by atoms with Crippen LogP contribution in [0, 0.1) is 0 Å². The van der Waals surface area contributed by atoms with Crippen molar-refractivity contribution in [2.24, 2.45) is 0 Å². The molecule has 60 valence electrons. The molecule has 0 saturated carbocycles. The summed E-state index contributed by atoms with van der Waals surface area (Å²) in [6.07, 6.45) is -4.34. The van der Waals surface area contributed by atoms with Gasteiger partial charge in [-0.2, -0.15) is 0 Å². The molecule has 1 fully saturated rings. The van der Waals surface area contributed by atoms with E-state index < -0.39 is 24.7 Å². The highest BCUT2D eigenvalue weighted by Crippen LogP contribution is 2.28. The van der Waals surface area contributed by atoms with E-state index in [4.69, 9.17) is 10.2 Å². The molecule has 2 atom stereocenters. The predicted molar refractivity (Wildman–Crippen MR) is 27.5 cm³/mol. The van der Waals surface area contributed by atoms with Crippen molar-refractivity contribution in [1.29, 1.82) is 0 Å². The van der Waals surface area contributed by atoms with Crippen LogP contribution in [0.15, 0.2) is 0 Å². The Balaban J connectivity index is 2.54. The Bertz CT molecular complexity index is 130. The third-order valence-electron chi connectivity index (χ3n) is 1.39. The van der Waals surface area contributed by atoms with Gasteiger partial charge in [-0.15, -0.1) is 0 Å². The molecule has 0 bridgehead atoms. The van der Waals surface area contributed by atoms with Gasteiger partial charge in [0.15, 0.2) is 0 Å². The molecule has 3 nitrogen and oxygen atoms in total. The van der Waals surface area contributed by atoms with Crippen LogP contribution >= 0.6 is 0 Å². The molecular formula is C5H8F2O3. The maximum absolute atomic E-state index is 11.8. The highest BCUT2D eigenvalue weighted by molar-refractivity contribution is 4.81. The molecule has 1 heterocycles. The number of halogens is 2. The maximum Gasteiger partial charge on any atom is 0.291 e. The van der Waals surface area contributed by atoms with Gasteiger partial charge in [0.25, 0.3) is 6.43 Å². The number of aliphatic hydroxyl groups is 2. The van der Waals surface area contributed by atoms with E-state index >= 15 is 0 Å². The summed E-state index contributed by atoms with van der Waals surface area (Å²) in [4.78, 5) is 0. The minimum atomic E-state index is -2.95. The fourth-order valence-electron chi connectivity index (χ4n) is 0.848. The largest absolute Gasteiger partial charge is 0.391 e. The molecule has 0 aromatic carbocycles. The molecule has 0 radical (unpaired) electrons. The number of aliphatic hydroxyl groups excluding tert-OH is 1. The van der Waals surface area contributed by atoms with E-state index in [0.29, 0.717) is 0 Å². The number of ether oxygens (including phenoxy) is 1. The van der Waals surface area contributed by atoms with Gasteiger partial charge in [0.1, 0.15) is 0 Å². The summed E-state index contributed by atoms with van der Waals surface area (Å²) in [5, 5.41) is 17.5. The van der Waals surface area contributed by atoms with Gasteiger partial charge in [0.05, 0.1) is 12.7 Å². The van der Waals surface area contributed by atoms with Gasteiger partial charge in [-0.3, -0.25) is 0 Å². The Kier molecular flexibility index (Phi) is 1.89. The first kappa shape index (κ1) is 7.84. The molecule has 0 aliphatic carbocycles. The lowest BCUT2D eigenvalue weighted by Crippen LogP contribution is -2.36. The Hall–Kier alpha value is -0.260. The summed E-state index contributed by atoms with van der Waals surface area (Å²) < 4.78 is 27.9. The van der Waals surface area contributed by atoms with Crippen LogP contribution in [0.3, 0.4) is 0 Å². The zero-order chi connectivity index (χ0) is 7.78. The van der Waals surface area contributed by atoms with Crippen LogP contribution in [0.5, 0.6) is 0 Å². The highest BCUT2D eigenvalue weighted by atomic mass is 19.3. The SMILES string of the molecule is O[C@@H]1CO[C@@](O)(C(F)F)C1.